The predicted molar refractivity (Wildman–Crippen MR) is 113 cm³/mol. The molecular formula is C22H26N4O2S. The molecule has 3 aromatic rings. The zero-order valence-corrected chi connectivity index (χ0v) is 17.2. The largest absolute Gasteiger partial charge is 0.467 e. The number of rotatable bonds is 9. The molecule has 6 nitrogen and oxygen atoms in total. The van der Waals surface area contributed by atoms with Gasteiger partial charge in [-0.05, 0) is 42.2 Å². The number of H-pyrrole nitrogens is 1. The van der Waals surface area contributed by atoms with Gasteiger partial charge >= 0.3 is 0 Å². The second-order valence-corrected chi connectivity index (χ2v) is 8.45. The summed E-state index contributed by atoms with van der Waals surface area (Å²) in [6.07, 6.45) is 9.26. The van der Waals surface area contributed by atoms with Crippen molar-refractivity contribution in [3.63, 3.8) is 0 Å². The number of thioether (sulfide) groups is 1. The van der Waals surface area contributed by atoms with Gasteiger partial charge in [0.15, 0.2) is 0 Å². The quantitative estimate of drug-likeness (QED) is 0.498. The summed E-state index contributed by atoms with van der Waals surface area (Å²) < 4.78 is 5.24. The van der Waals surface area contributed by atoms with Gasteiger partial charge in [-0.1, -0.05) is 49.6 Å². The maximum absolute atomic E-state index is 12.4. The molecule has 0 bridgehead atoms. The molecule has 1 aliphatic carbocycles. The summed E-state index contributed by atoms with van der Waals surface area (Å²) in [5, 5.41) is 11.0. The predicted octanol–water partition coefficient (Wildman–Crippen LogP) is 4.74. The second-order valence-electron chi connectivity index (χ2n) is 7.50. The van der Waals surface area contributed by atoms with Crippen molar-refractivity contribution in [3.8, 4) is 0 Å². The molecule has 0 spiro atoms. The number of aryl methyl sites for hydroxylation is 1. The average Bonchev–Trinajstić information content (AvgIpc) is 3.52. The lowest BCUT2D eigenvalue weighted by molar-refractivity contribution is 0.0948. The van der Waals surface area contributed by atoms with Crippen LogP contribution < -0.4 is 5.32 Å². The van der Waals surface area contributed by atoms with Gasteiger partial charge in [0, 0.05) is 17.7 Å². The van der Waals surface area contributed by atoms with Crippen LogP contribution in [0.5, 0.6) is 0 Å². The van der Waals surface area contributed by atoms with E-state index in [0.29, 0.717) is 12.1 Å². The van der Waals surface area contributed by atoms with Gasteiger partial charge in [0.25, 0.3) is 5.91 Å². The first-order valence-electron chi connectivity index (χ1n) is 10.2. The number of carbonyl (C=O) groups is 1. The van der Waals surface area contributed by atoms with E-state index in [9.17, 15) is 4.79 Å². The van der Waals surface area contributed by atoms with Crippen LogP contribution in [-0.2, 0) is 18.7 Å². The van der Waals surface area contributed by atoms with E-state index in [1.807, 2.05) is 36.4 Å². The number of nitrogens with zero attached hydrogens (tertiary/aromatic N) is 2. The van der Waals surface area contributed by atoms with Crippen molar-refractivity contribution >= 4 is 17.7 Å². The van der Waals surface area contributed by atoms with E-state index in [0.717, 1.165) is 40.4 Å². The fourth-order valence-corrected chi connectivity index (χ4v) is 4.49. The average molecular weight is 411 g/mol. The Morgan fingerprint density at radius 1 is 1.24 bits per heavy atom. The third-order valence-electron chi connectivity index (χ3n) is 5.34. The number of nitrogens with one attached hydrogen (secondary N) is 2. The number of amides is 1. The van der Waals surface area contributed by atoms with Crippen molar-refractivity contribution in [1.29, 1.82) is 0 Å². The molecule has 1 fully saturated rings. The number of aromatic nitrogens is 3. The lowest BCUT2D eigenvalue weighted by Crippen LogP contribution is -2.22. The van der Waals surface area contributed by atoms with Crippen LogP contribution in [0.1, 0.15) is 59.6 Å². The van der Waals surface area contributed by atoms with E-state index in [1.54, 1.807) is 18.0 Å². The Labute approximate surface area is 174 Å². The normalized spacial score (nSPS) is 14.3. The molecule has 0 aliphatic heterocycles. The minimum Gasteiger partial charge on any atom is -0.467 e. The molecule has 1 aliphatic rings. The molecule has 1 saturated carbocycles. The summed E-state index contributed by atoms with van der Waals surface area (Å²) in [7, 11) is 0. The van der Waals surface area contributed by atoms with Gasteiger partial charge in [0.2, 0.25) is 5.16 Å². The third-order valence-corrected chi connectivity index (χ3v) is 6.25. The highest BCUT2D eigenvalue weighted by atomic mass is 32.2. The van der Waals surface area contributed by atoms with E-state index in [2.05, 4.69) is 20.5 Å². The van der Waals surface area contributed by atoms with E-state index in [-0.39, 0.29) is 5.91 Å². The van der Waals surface area contributed by atoms with Crippen LogP contribution in [0.15, 0.2) is 52.2 Å². The minimum absolute atomic E-state index is 0.111. The molecule has 29 heavy (non-hydrogen) atoms. The van der Waals surface area contributed by atoms with Crippen molar-refractivity contribution in [2.24, 2.45) is 5.92 Å². The fourth-order valence-electron chi connectivity index (χ4n) is 3.73. The molecule has 0 unspecified atom stereocenters. The molecule has 0 radical (unpaired) electrons. The Kier molecular flexibility index (Phi) is 6.67. The smallest absolute Gasteiger partial charge is 0.251 e. The van der Waals surface area contributed by atoms with Crippen LogP contribution in [0.3, 0.4) is 0 Å². The molecule has 2 heterocycles. The lowest BCUT2D eigenvalue weighted by Gasteiger charge is -2.06. The Hall–Kier alpha value is -2.54. The van der Waals surface area contributed by atoms with Crippen LogP contribution in [-0.4, -0.2) is 21.1 Å². The fraction of sp³-hybridized carbons (Fsp3) is 0.409. The first kappa shape index (κ1) is 19.8. The summed E-state index contributed by atoms with van der Waals surface area (Å²) in [6, 6.07) is 11.3. The van der Waals surface area contributed by atoms with E-state index in [1.165, 1.54) is 32.1 Å². The summed E-state index contributed by atoms with van der Waals surface area (Å²) in [4.78, 5) is 17.0. The molecule has 7 heteroatoms. The first-order chi connectivity index (χ1) is 14.3. The van der Waals surface area contributed by atoms with Crippen molar-refractivity contribution in [1.82, 2.24) is 20.5 Å². The zero-order valence-electron chi connectivity index (χ0n) is 16.4. The monoisotopic (exact) mass is 410 g/mol. The number of aromatic amines is 1. The molecule has 152 valence electrons. The van der Waals surface area contributed by atoms with Gasteiger partial charge in [-0.3, -0.25) is 9.89 Å². The SMILES string of the molecule is O=C(NCc1ccco1)c1cccc(CSc2n[nH]c(CCC3CCCC3)n2)c1. The number of carbonyl (C=O) groups excluding carboxylic acids is 1. The van der Waals surface area contributed by atoms with Crippen molar-refractivity contribution < 1.29 is 9.21 Å². The van der Waals surface area contributed by atoms with Gasteiger partial charge in [0.05, 0.1) is 12.8 Å². The van der Waals surface area contributed by atoms with E-state index < -0.39 is 0 Å². The topological polar surface area (TPSA) is 83.8 Å². The summed E-state index contributed by atoms with van der Waals surface area (Å²) >= 11 is 1.58. The molecule has 0 saturated heterocycles. The lowest BCUT2D eigenvalue weighted by atomic mass is 10.0. The number of furan rings is 1. The maximum atomic E-state index is 12.4. The van der Waals surface area contributed by atoms with Gasteiger partial charge < -0.3 is 9.73 Å². The number of hydrogen-bond donors (Lipinski definition) is 2. The highest BCUT2D eigenvalue weighted by Gasteiger charge is 2.15. The minimum atomic E-state index is -0.111. The Morgan fingerprint density at radius 2 is 2.14 bits per heavy atom. The molecule has 2 N–H and O–H groups in total. The van der Waals surface area contributed by atoms with Crippen molar-refractivity contribution in [2.45, 2.75) is 56.0 Å². The number of hydrogen-bond acceptors (Lipinski definition) is 5. The van der Waals surface area contributed by atoms with Crippen LogP contribution >= 0.6 is 11.8 Å². The van der Waals surface area contributed by atoms with E-state index in [4.69, 9.17) is 4.42 Å². The second kappa shape index (κ2) is 9.78. The Bertz CT molecular complexity index is 917. The van der Waals surface area contributed by atoms with Crippen molar-refractivity contribution in [3.05, 3.63) is 65.4 Å². The third kappa shape index (κ3) is 5.73. The molecule has 2 aromatic heterocycles. The maximum Gasteiger partial charge on any atom is 0.251 e. The van der Waals surface area contributed by atoms with Gasteiger partial charge in [-0.2, -0.15) is 0 Å². The molecule has 0 atom stereocenters. The van der Waals surface area contributed by atoms with Crippen molar-refractivity contribution in [2.75, 3.05) is 0 Å². The van der Waals surface area contributed by atoms with Crippen LogP contribution in [0.2, 0.25) is 0 Å². The molecule has 4 rings (SSSR count). The highest BCUT2D eigenvalue weighted by Crippen LogP contribution is 2.28. The zero-order chi connectivity index (χ0) is 19.9. The molecule has 1 aromatic carbocycles. The highest BCUT2D eigenvalue weighted by molar-refractivity contribution is 7.98. The summed E-state index contributed by atoms with van der Waals surface area (Å²) in [5.74, 6) is 3.18. The number of benzene rings is 1. The molecule has 1 amide bonds. The summed E-state index contributed by atoms with van der Waals surface area (Å²) in [5.41, 5.74) is 1.71. The van der Waals surface area contributed by atoms with Gasteiger partial charge in [0.1, 0.15) is 11.6 Å². The van der Waals surface area contributed by atoms with Gasteiger partial charge in [-0.15, -0.1) is 5.10 Å². The Balaban J connectivity index is 1.26. The van der Waals surface area contributed by atoms with Gasteiger partial charge in [-0.25, -0.2) is 4.98 Å². The van der Waals surface area contributed by atoms with E-state index >= 15 is 0 Å². The Morgan fingerprint density at radius 3 is 2.97 bits per heavy atom. The van der Waals surface area contributed by atoms with Crippen LogP contribution in [0.4, 0.5) is 0 Å². The molecular weight excluding hydrogens is 384 g/mol. The first-order valence-corrected chi connectivity index (χ1v) is 11.2. The standard InChI is InChI=1S/C22H26N4O2S/c27-21(23-14-19-9-4-12-28-19)18-8-3-7-17(13-18)15-29-22-24-20(25-26-22)11-10-16-5-1-2-6-16/h3-4,7-9,12-13,16H,1-2,5-6,10-11,14-15H2,(H,23,27)(H,24,25,26). The van der Waals surface area contributed by atoms with Crippen LogP contribution in [0.25, 0.3) is 0 Å². The summed E-state index contributed by atoms with van der Waals surface area (Å²) in [6.45, 7) is 0.381. The van der Waals surface area contributed by atoms with Crippen LogP contribution in [0, 0.1) is 5.92 Å².